The molecule has 3 heteroatoms. The summed E-state index contributed by atoms with van der Waals surface area (Å²) in [6.45, 7) is 16.8. The second-order valence-electron chi connectivity index (χ2n) is 7.03. The Hall–Kier alpha value is -0.120. The van der Waals surface area contributed by atoms with Crippen molar-refractivity contribution < 1.29 is 0 Å². The third-order valence-corrected chi connectivity index (χ3v) is 5.11. The van der Waals surface area contributed by atoms with Crippen LogP contribution in [0.2, 0.25) is 0 Å². The van der Waals surface area contributed by atoms with E-state index in [0.29, 0.717) is 5.41 Å². The summed E-state index contributed by atoms with van der Waals surface area (Å²) in [4.78, 5) is 5.29. The van der Waals surface area contributed by atoms with Crippen LogP contribution >= 0.6 is 0 Å². The molecular formula is C16H33N3. The Morgan fingerprint density at radius 2 is 1.95 bits per heavy atom. The fourth-order valence-electron chi connectivity index (χ4n) is 3.19. The Bertz CT molecular complexity index is 277. The third kappa shape index (κ3) is 4.44. The molecule has 112 valence electrons. The molecule has 2 aliphatic rings. The SMILES string of the molecule is CCN1CCN(CC(C)(CC)CNC2CC2)CC1C. The van der Waals surface area contributed by atoms with Gasteiger partial charge in [0.15, 0.2) is 0 Å². The van der Waals surface area contributed by atoms with Crippen LogP contribution in [0.5, 0.6) is 0 Å². The lowest BCUT2D eigenvalue weighted by atomic mass is 9.86. The highest BCUT2D eigenvalue weighted by molar-refractivity contribution is 4.88. The maximum Gasteiger partial charge on any atom is 0.0195 e. The second kappa shape index (κ2) is 6.55. The molecule has 0 aromatic rings. The van der Waals surface area contributed by atoms with E-state index < -0.39 is 0 Å². The maximum absolute atomic E-state index is 3.73. The normalized spacial score (nSPS) is 29.4. The molecule has 0 aromatic carbocycles. The number of nitrogens with zero attached hydrogens (tertiary/aromatic N) is 2. The van der Waals surface area contributed by atoms with E-state index in [1.54, 1.807) is 0 Å². The number of hydrogen-bond donors (Lipinski definition) is 1. The van der Waals surface area contributed by atoms with E-state index in [-0.39, 0.29) is 0 Å². The highest BCUT2D eigenvalue weighted by atomic mass is 15.3. The van der Waals surface area contributed by atoms with Gasteiger partial charge in [-0.1, -0.05) is 20.8 Å². The molecule has 0 aromatic heterocycles. The van der Waals surface area contributed by atoms with Gasteiger partial charge in [0, 0.05) is 44.8 Å². The first-order valence-electron chi connectivity index (χ1n) is 8.26. The molecule has 19 heavy (non-hydrogen) atoms. The zero-order chi connectivity index (χ0) is 13.9. The molecule has 1 N–H and O–H groups in total. The van der Waals surface area contributed by atoms with Crippen LogP contribution in [0, 0.1) is 5.41 Å². The summed E-state index contributed by atoms with van der Waals surface area (Å²) in [7, 11) is 0. The molecule has 1 aliphatic carbocycles. The molecule has 0 radical (unpaired) electrons. The lowest BCUT2D eigenvalue weighted by Gasteiger charge is -2.43. The predicted octanol–water partition coefficient (Wildman–Crippen LogP) is 2.18. The lowest BCUT2D eigenvalue weighted by Crippen LogP contribution is -2.54. The Labute approximate surface area is 119 Å². The fraction of sp³-hybridized carbons (Fsp3) is 1.00. The van der Waals surface area contributed by atoms with Gasteiger partial charge in [-0.05, 0) is 38.1 Å². The Balaban J connectivity index is 1.80. The van der Waals surface area contributed by atoms with Gasteiger partial charge in [-0.25, -0.2) is 0 Å². The summed E-state index contributed by atoms with van der Waals surface area (Å²) in [5.74, 6) is 0. The first-order valence-corrected chi connectivity index (χ1v) is 8.26. The van der Waals surface area contributed by atoms with Gasteiger partial charge in [0.2, 0.25) is 0 Å². The summed E-state index contributed by atoms with van der Waals surface area (Å²) in [6, 6.07) is 1.55. The number of hydrogen-bond acceptors (Lipinski definition) is 3. The molecule has 2 atom stereocenters. The van der Waals surface area contributed by atoms with Crippen LogP contribution < -0.4 is 5.32 Å². The Kier molecular flexibility index (Phi) is 5.27. The predicted molar refractivity (Wildman–Crippen MR) is 82.6 cm³/mol. The average molecular weight is 267 g/mol. The largest absolute Gasteiger partial charge is 0.313 e. The molecule has 3 nitrogen and oxygen atoms in total. The van der Waals surface area contributed by atoms with Gasteiger partial charge in [0.1, 0.15) is 0 Å². The maximum atomic E-state index is 3.73. The number of nitrogens with one attached hydrogen (secondary N) is 1. The highest BCUT2D eigenvalue weighted by Gasteiger charge is 2.31. The van der Waals surface area contributed by atoms with Crippen molar-refractivity contribution in [2.24, 2.45) is 5.41 Å². The van der Waals surface area contributed by atoms with E-state index in [1.165, 1.54) is 58.5 Å². The van der Waals surface area contributed by atoms with Gasteiger partial charge in [-0.3, -0.25) is 9.80 Å². The summed E-state index contributed by atoms with van der Waals surface area (Å²) < 4.78 is 0. The minimum atomic E-state index is 0.441. The van der Waals surface area contributed by atoms with Crippen molar-refractivity contribution in [3.63, 3.8) is 0 Å². The van der Waals surface area contributed by atoms with Crippen LogP contribution in [0.15, 0.2) is 0 Å². The van der Waals surface area contributed by atoms with Crippen LogP contribution in [-0.2, 0) is 0 Å². The highest BCUT2D eigenvalue weighted by Crippen LogP contribution is 2.26. The van der Waals surface area contributed by atoms with Crippen molar-refractivity contribution in [2.45, 2.75) is 59.0 Å². The third-order valence-electron chi connectivity index (χ3n) is 5.11. The zero-order valence-corrected chi connectivity index (χ0v) is 13.4. The number of piperazine rings is 1. The molecule has 2 unspecified atom stereocenters. The van der Waals surface area contributed by atoms with E-state index in [0.717, 1.165) is 12.1 Å². The van der Waals surface area contributed by atoms with Gasteiger partial charge in [-0.2, -0.15) is 0 Å². The van der Waals surface area contributed by atoms with Crippen LogP contribution in [0.4, 0.5) is 0 Å². The average Bonchev–Trinajstić information content (AvgIpc) is 3.21. The van der Waals surface area contributed by atoms with Crippen molar-refractivity contribution in [3.05, 3.63) is 0 Å². The fourth-order valence-corrected chi connectivity index (χ4v) is 3.19. The van der Waals surface area contributed by atoms with Gasteiger partial charge >= 0.3 is 0 Å². The number of likely N-dealkylation sites (N-methyl/N-ethyl adjacent to an activating group) is 1. The molecule has 0 amide bonds. The van der Waals surface area contributed by atoms with Crippen LogP contribution in [0.3, 0.4) is 0 Å². The minimum absolute atomic E-state index is 0.441. The van der Waals surface area contributed by atoms with Crippen LogP contribution in [0.1, 0.15) is 47.0 Å². The quantitative estimate of drug-likeness (QED) is 0.763. The first-order chi connectivity index (χ1) is 9.06. The molecule has 2 rings (SSSR count). The van der Waals surface area contributed by atoms with E-state index in [9.17, 15) is 0 Å². The smallest absolute Gasteiger partial charge is 0.0195 e. The van der Waals surface area contributed by atoms with Gasteiger partial charge < -0.3 is 5.32 Å². The van der Waals surface area contributed by atoms with E-state index in [4.69, 9.17) is 0 Å². The lowest BCUT2D eigenvalue weighted by molar-refractivity contribution is 0.0564. The molecule has 1 heterocycles. The summed E-state index contributed by atoms with van der Waals surface area (Å²) in [5, 5.41) is 3.73. The van der Waals surface area contributed by atoms with E-state index in [2.05, 4.69) is 42.8 Å². The Morgan fingerprint density at radius 3 is 2.47 bits per heavy atom. The first kappa shape index (κ1) is 15.3. The van der Waals surface area contributed by atoms with Crippen molar-refractivity contribution in [1.29, 1.82) is 0 Å². The summed E-state index contributed by atoms with van der Waals surface area (Å²) in [5.41, 5.74) is 0.441. The molecular weight excluding hydrogens is 234 g/mol. The van der Waals surface area contributed by atoms with Crippen molar-refractivity contribution >= 4 is 0 Å². The molecule has 0 spiro atoms. The molecule has 1 saturated heterocycles. The van der Waals surface area contributed by atoms with Crippen LogP contribution in [-0.4, -0.2) is 61.2 Å². The molecule has 1 aliphatic heterocycles. The van der Waals surface area contributed by atoms with Gasteiger partial charge in [0.25, 0.3) is 0 Å². The van der Waals surface area contributed by atoms with E-state index in [1.807, 2.05) is 0 Å². The monoisotopic (exact) mass is 267 g/mol. The van der Waals surface area contributed by atoms with Crippen molar-refractivity contribution in [3.8, 4) is 0 Å². The topological polar surface area (TPSA) is 18.5 Å². The minimum Gasteiger partial charge on any atom is -0.313 e. The van der Waals surface area contributed by atoms with Crippen molar-refractivity contribution in [2.75, 3.05) is 39.3 Å². The van der Waals surface area contributed by atoms with Gasteiger partial charge in [0.05, 0.1) is 0 Å². The summed E-state index contributed by atoms with van der Waals surface area (Å²) >= 11 is 0. The summed E-state index contributed by atoms with van der Waals surface area (Å²) in [6.07, 6.45) is 4.06. The standard InChI is InChI=1S/C16H33N3/c1-5-16(4,12-17-15-7-8-15)13-18-9-10-19(6-2)14(3)11-18/h14-15,17H,5-13H2,1-4H3. The van der Waals surface area contributed by atoms with E-state index >= 15 is 0 Å². The molecule has 2 fully saturated rings. The van der Waals surface area contributed by atoms with Crippen LogP contribution in [0.25, 0.3) is 0 Å². The zero-order valence-electron chi connectivity index (χ0n) is 13.4. The number of rotatable bonds is 7. The van der Waals surface area contributed by atoms with Crippen molar-refractivity contribution in [1.82, 2.24) is 15.1 Å². The second-order valence-corrected chi connectivity index (χ2v) is 7.03. The Morgan fingerprint density at radius 1 is 1.21 bits per heavy atom. The molecule has 1 saturated carbocycles. The van der Waals surface area contributed by atoms with Gasteiger partial charge in [-0.15, -0.1) is 0 Å². The molecule has 0 bridgehead atoms.